The van der Waals surface area contributed by atoms with E-state index in [2.05, 4.69) is 26.1 Å². The lowest BCUT2D eigenvalue weighted by atomic mass is 10.1. The summed E-state index contributed by atoms with van der Waals surface area (Å²) >= 11 is 3.25. The van der Waals surface area contributed by atoms with Gasteiger partial charge in [-0.2, -0.15) is 0 Å². The van der Waals surface area contributed by atoms with Crippen LogP contribution in [0.1, 0.15) is 11.7 Å². The number of hydrogen-bond donors (Lipinski definition) is 2. The number of hydroxylamine groups is 1. The minimum atomic E-state index is -3.38. The van der Waals surface area contributed by atoms with Crippen LogP contribution in [0.2, 0.25) is 0 Å². The zero-order chi connectivity index (χ0) is 12.5. The number of sulfonamides is 1. The van der Waals surface area contributed by atoms with Gasteiger partial charge in [0.2, 0.25) is 10.0 Å². The number of halogens is 1. The first-order valence-corrected chi connectivity index (χ1v) is 7.13. The van der Waals surface area contributed by atoms with Gasteiger partial charge >= 0.3 is 0 Å². The smallest absolute Gasteiger partial charge is 0.240 e. The molecule has 0 aliphatic carbocycles. The maximum absolute atomic E-state index is 11.5. The second kappa shape index (κ2) is 4.77. The highest BCUT2D eigenvalue weighted by atomic mass is 79.9. The van der Waals surface area contributed by atoms with Gasteiger partial charge in [0.25, 0.3) is 0 Å². The van der Waals surface area contributed by atoms with Crippen molar-refractivity contribution in [1.82, 2.24) is 10.2 Å². The largest absolute Gasteiger partial charge is 0.263 e. The first-order chi connectivity index (χ1) is 8.03. The average Bonchev–Trinajstić information content (AvgIpc) is 2.76. The van der Waals surface area contributed by atoms with Crippen molar-refractivity contribution >= 4 is 26.0 Å². The Labute approximate surface area is 108 Å². The first-order valence-electron chi connectivity index (χ1n) is 4.85. The predicted octanol–water partition coefficient (Wildman–Crippen LogP) is 1.41. The molecule has 92 valence electrons. The molecule has 0 radical (unpaired) electrons. The van der Waals surface area contributed by atoms with Crippen molar-refractivity contribution in [2.75, 3.05) is 7.05 Å². The van der Waals surface area contributed by atoms with Crippen LogP contribution in [-0.4, -0.2) is 15.5 Å². The van der Waals surface area contributed by atoms with Gasteiger partial charge in [0.05, 0.1) is 4.90 Å². The van der Waals surface area contributed by atoms with Gasteiger partial charge in [-0.05, 0) is 46.7 Å². The van der Waals surface area contributed by atoms with E-state index in [0.717, 1.165) is 10.2 Å². The fourth-order valence-electron chi connectivity index (χ4n) is 1.44. The molecule has 0 fully saturated rings. The number of rotatable bonds is 3. The van der Waals surface area contributed by atoms with Crippen LogP contribution in [0.3, 0.4) is 0 Å². The van der Waals surface area contributed by atoms with Crippen LogP contribution in [0.15, 0.2) is 39.8 Å². The Morgan fingerprint density at radius 2 is 2.00 bits per heavy atom. The molecule has 0 spiro atoms. The summed E-state index contributed by atoms with van der Waals surface area (Å²) in [6.45, 7) is 0. The summed E-state index contributed by atoms with van der Waals surface area (Å²) in [5.41, 5.74) is 3.55. The van der Waals surface area contributed by atoms with Crippen molar-refractivity contribution in [3.05, 3.63) is 40.5 Å². The lowest BCUT2D eigenvalue weighted by Crippen LogP contribution is -2.18. The number of hydrogen-bond acceptors (Lipinski definition) is 4. The van der Waals surface area contributed by atoms with E-state index in [-0.39, 0.29) is 11.0 Å². The Morgan fingerprint density at radius 1 is 1.35 bits per heavy atom. The lowest BCUT2D eigenvalue weighted by Gasteiger charge is -2.08. The summed E-state index contributed by atoms with van der Waals surface area (Å²) in [4.78, 5) is 5.48. The zero-order valence-corrected chi connectivity index (χ0v) is 11.4. The van der Waals surface area contributed by atoms with Crippen molar-refractivity contribution in [2.45, 2.75) is 11.0 Å². The Morgan fingerprint density at radius 3 is 2.47 bits per heavy atom. The quantitative estimate of drug-likeness (QED) is 0.827. The van der Waals surface area contributed by atoms with Crippen LogP contribution >= 0.6 is 15.9 Å². The summed E-state index contributed by atoms with van der Waals surface area (Å²) in [5.74, 6) is 0. The molecule has 0 aromatic heterocycles. The Balaban J connectivity index is 2.25. The van der Waals surface area contributed by atoms with Crippen molar-refractivity contribution in [3.63, 3.8) is 0 Å². The maximum atomic E-state index is 11.5. The molecule has 1 aliphatic heterocycles. The van der Waals surface area contributed by atoms with Crippen molar-refractivity contribution in [3.8, 4) is 0 Å². The molecule has 7 heteroatoms. The van der Waals surface area contributed by atoms with Crippen LogP contribution in [0.4, 0.5) is 0 Å². The molecule has 1 aliphatic rings. The van der Waals surface area contributed by atoms with Crippen LogP contribution in [0.25, 0.3) is 0 Å². The second-order valence-electron chi connectivity index (χ2n) is 3.43. The van der Waals surface area contributed by atoms with Gasteiger partial charge in [0.1, 0.15) is 10.7 Å². The molecule has 0 amide bonds. The van der Waals surface area contributed by atoms with Crippen LogP contribution in [0, 0.1) is 0 Å². The third-order valence-corrected chi connectivity index (χ3v) is 4.23. The molecular weight excluding hydrogens is 308 g/mol. The lowest BCUT2D eigenvalue weighted by molar-refractivity contribution is 0.0457. The molecular formula is C10H11BrN2O3S. The van der Waals surface area contributed by atoms with E-state index in [0.29, 0.717) is 0 Å². The molecule has 1 heterocycles. The third kappa shape index (κ3) is 2.68. The summed E-state index contributed by atoms with van der Waals surface area (Å²) in [6, 6.07) is 6.53. The van der Waals surface area contributed by atoms with Crippen LogP contribution in [0.5, 0.6) is 0 Å². The van der Waals surface area contributed by atoms with E-state index in [1.807, 2.05) is 6.08 Å². The molecule has 0 saturated carbocycles. The summed E-state index contributed by atoms with van der Waals surface area (Å²) in [5, 5.41) is 0. The predicted molar refractivity (Wildman–Crippen MR) is 66.7 cm³/mol. The van der Waals surface area contributed by atoms with Gasteiger partial charge in [-0.25, -0.2) is 13.1 Å². The molecule has 1 unspecified atom stereocenters. The maximum Gasteiger partial charge on any atom is 0.240 e. The van der Waals surface area contributed by atoms with E-state index in [4.69, 9.17) is 4.84 Å². The molecule has 0 bridgehead atoms. The fraction of sp³-hybridized carbons (Fsp3) is 0.200. The second-order valence-corrected chi connectivity index (χ2v) is 6.17. The Kier molecular flexibility index (Phi) is 3.53. The minimum absolute atomic E-state index is 0.212. The SMILES string of the molecule is CNS(=O)(=O)c1ccc(C2C=C(Br)NO2)cc1. The topological polar surface area (TPSA) is 67.4 Å². The molecule has 1 aromatic rings. The summed E-state index contributed by atoms with van der Waals surface area (Å²) in [7, 11) is -2.00. The third-order valence-electron chi connectivity index (χ3n) is 2.37. The van der Waals surface area contributed by atoms with Gasteiger partial charge in [-0.3, -0.25) is 10.3 Å². The van der Waals surface area contributed by atoms with E-state index in [9.17, 15) is 8.42 Å². The summed E-state index contributed by atoms with van der Waals surface area (Å²) < 4.78 is 26.0. The molecule has 5 nitrogen and oxygen atoms in total. The monoisotopic (exact) mass is 318 g/mol. The molecule has 0 saturated heterocycles. The van der Waals surface area contributed by atoms with Gasteiger partial charge in [0.15, 0.2) is 0 Å². The van der Waals surface area contributed by atoms with Gasteiger partial charge in [-0.15, -0.1) is 0 Å². The minimum Gasteiger partial charge on any atom is -0.263 e. The summed E-state index contributed by atoms with van der Waals surface area (Å²) in [6.07, 6.45) is 1.64. The van der Waals surface area contributed by atoms with E-state index < -0.39 is 10.0 Å². The van der Waals surface area contributed by atoms with E-state index in [1.165, 1.54) is 7.05 Å². The van der Waals surface area contributed by atoms with Crippen molar-refractivity contribution in [1.29, 1.82) is 0 Å². The number of benzene rings is 1. The standard InChI is InChI=1S/C10H11BrN2O3S/c1-12-17(14,15)8-4-2-7(3-5-8)9-6-10(11)13-16-9/h2-6,9,12-13H,1H3. The fourth-order valence-corrected chi connectivity index (χ4v) is 2.50. The highest BCUT2D eigenvalue weighted by molar-refractivity contribution is 9.11. The van der Waals surface area contributed by atoms with Gasteiger partial charge < -0.3 is 0 Å². The van der Waals surface area contributed by atoms with Crippen LogP contribution < -0.4 is 10.2 Å². The molecule has 2 N–H and O–H groups in total. The van der Waals surface area contributed by atoms with Crippen molar-refractivity contribution < 1.29 is 13.3 Å². The highest BCUT2D eigenvalue weighted by Crippen LogP contribution is 2.26. The molecule has 1 atom stereocenters. The van der Waals surface area contributed by atoms with Crippen molar-refractivity contribution in [2.24, 2.45) is 0 Å². The average molecular weight is 319 g/mol. The normalized spacial score (nSPS) is 19.9. The molecule has 2 rings (SSSR count). The highest BCUT2D eigenvalue weighted by Gasteiger charge is 2.18. The van der Waals surface area contributed by atoms with E-state index >= 15 is 0 Å². The van der Waals surface area contributed by atoms with E-state index in [1.54, 1.807) is 24.3 Å². The first kappa shape index (κ1) is 12.6. The van der Waals surface area contributed by atoms with Gasteiger partial charge in [-0.1, -0.05) is 12.1 Å². The zero-order valence-electron chi connectivity index (χ0n) is 8.98. The Bertz CT molecular complexity index is 539. The molecule has 17 heavy (non-hydrogen) atoms. The van der Waals surface area contributed by atoms with Crippen LogP contribution in [-0.2, 0) is 14.9 Å². The Hall–Kier alpha value is -0.890. The number of nitrogens with one attached hydrogen (secondary N) is 2. The van der Waals surface area contributed by atoms with Gasteiger partial charge in [0, 0.05) is 0 Å². The molecule has 1 aromatic carbocycles.